The first-order chi connectivity index (χ1) is 16.5. The minimum Gasteiger partial charge on any atom is -0.381 e. The number of nitrogens with two attached hydrogens (primary N) is 1. The summed E-state index contributed by atoms with van der Waals surface area (Å²) in [4.78, 5) is 21.4. The number of ether oxygens (including phenoxy) is 1. The van der Waals surface area contributed by atoms with Crippen molar-refractivity contribution in [3.63, 3.8) is 0 Å². The van der Waals surface area contributed by atoms with Gasteiger partial charge in [0, 0.05) is 35.7 Å². The highest BCUT2D eigenvalue weighted by Crippen LogP contribution is 2.30. The van der Waals surface area contributed by atoms with Crippen LogP contribution in [0.25, 0.3) is 16.6 Å². The summed E-state index contributed by atoms with van der Waals surface area (Å²) in [5, 5.41) is 1.33. The number of nitrogen functional groups attached to an aromatic ring is 1. The molecule has 2 aromatic heterocycles. The lowest BCUT2D eigenvalue weighted by Crippen LogP contribution is -2.31. The largest absolute Gasteiger partial charge is 0.381 e. The zero-order chi connectivity index (χ0) is 24.9. The molecule has 2 N–H and O–H groups in total. The molecule has 2 aliphatic rings. The molecule has 0 aliphatic heterocycles. The smallest absolute Gasteiger partial charge is 0.278 e. The van der Waals surface area contributed by atoms with Crippen LogP contribution in [0.4, 0.5) is 0 Å². The van der Waals surface area contributed by atoms with Crippen LogP contribution >= 0.6 is 11.6 Å². The molecule has 2 heterocycles. The Kier molecular flexibility index (Phi) is 12.3. The molecule has 7 heteroatoms. The van der Waals surface area contributed by atoms with Gasteiger partial charge in [-0.25, -0.2) is 14.6 Å². The number of aromatic nitrogens is 3. The van der Waals surface area contributed by atoms with E-state index in [9.17, 15) is 4.79 Å². The Balaban J connectivity index is 0.000000309. The third kappa shape index (κ3) is 7.95. The van der Waals surface area contributed by atoms with E-state index >= 15 is 0 Å². The van der Waals surface area contributed by atoms with Crippen LogP contribution < -0.4 is 11.4 Å². The summed E-state index contributed by atoms with van der Waals surface area (Å²) < 4.78 is 6.29. The Hall–Kier alpha value is -2.18. The van der Waals surface area contributed by atoms with Gasteiger partial charge in [-0.15, -0.1) is 0 Å². The van der Waals surface area contributed by atoms with Crippen molar-refractivity contribution >= 4 is 28.2 Å². The lowest BCUT2D eigenvalue weighted by Gasteiger charge is -2.19. The maximum absolute atomic E-state index is 12.6. The Bertz CT molecular complexity index is 1020. The second-order valence-electron chi connectivity index (χ2n) is 8.85. The van der Waals surface area contributed by atoms with Gasteiger partial charge >= 0.3 is 0 Å². The van der Waals surface area contributed by atoms with Crippen molar-refractivity contribution in [2.75, 3.05) is 13.0 Å². The molecule has 2 aliphatic carbocycles. The van der Waals surface area contributed by atoms with Gasteiger partial charge in [0.2, 0.25) is 0 Å². The van der Waals surface area contributed by atoms with Gasteiger partial charge < -0.3 is 10.6 Å². The predicted molar refractivity (Wildman–Crippen MR) is 144 cm³/mol. The highest BCUT2D eigenvalue weighted by Gasteiger charge is 2.17. The monoisotopic (exact) mass is 488 g/mol. The van der Waals surface area contributed by atoms with Gasteiger partial charge in [-0.2, -0.15) is 0 Å². The maximum atomic E-state index is 12.6. The number of pyridine rings is 1. The first kappa shape index (κ1) is 28.1. The molecule has 0 bridgehead atoms. The molecule has 0 aromatic carbocycles. The topological polar surface area (TPSA) is 83.0 Å². The van der Waals surface area contributed by atoms with Gasteiger partial charge in [0.25, 0.3) is 5.56 Å². The normalized spacial score (nSPS) is 16.0. The van der Waals surface area contributed by atoms with E-state index in [0.717, 1.165) is 47.7 Å². The van der Waals surface area contributed by atoms with Gasteiger partial charge in [-0.05, 0) is 38.2 Å². The zero-order valence-electron chi connectivity index (χ0n) is 21.3. The number of allylic oxidation sites excluding steroid dienone is 4. The van der Waals surface area contributed by atoms with Crippen LogP contribution in [0, 0.1) is 0 Å². The van der Waals surface area contributed by atoms with Crippen molar-refractivity contribution in [1.82, 2.24) is 14.6 Å². The third-order valence-electron chi connectivity index (χ3n) is 5.85. The average molecular weight is 489 g/mol. The van der Waals surface area contributed by atoms with E-state index in [1.165, 1.54) is 38.5 Å². The molecule has 0 radical (unpaired) electrons. The van der Waals surface area contributed by atoms with E-state index < -0.39 is 0 Å². The van der Waals surface area contributed by atoms with Crippen molar-refractivity contribution < 1.29 is 4.74 Å². The van der Waals surface area contributed by atoms with E-state index in [2.05, 4.69) is 30.7 Å². The number of hydrogen-bond acceptors (Lipinski definition) is 5. The molecule has 0 saturated heterocycles. The van der Waals surface area contributed by atoms with Gasteiger partial charge in [0.15, 0.2) is 5.65 Å². The van der Waals surface area contributed by atoms with Crippen LogP contribution in [0.15, 0.2) is 34.2 Å². The van der Waals surface area contributed by atoms with E-state index in [-0.39, 0.29) is 5.56 Å². The fraction of sp³-hybridized carbons (Fsp3) is 0.593. The number of nitrogens with zero attached hydrogens (tertiary/aromatic N) is 3. The highest BCUT2D eigenvalue weighted by molar-refractivity contribution is 6.37. The second-order valence-corrected chi connectivity index (χ2v) is 9.26. The Labute approximate surface area is 209 Å². The van der Waals surface area contributed by atoms with Crippen molar-refractivity contribution in [3.8, 4) is 0 Å². The number of halogens is 1. The summed E-state index contributed by atoms with van der Waals surface area (Å²) in [7, 11) is 1.82. The van der Waals surface area contributed by atoms with Crippen LogP contribution in [0.2, 0.25) is 0 Å². The van der Waals surface area contributed by atoms with Crippen LogP contribution in [0.3, 0.4) is 0 Å². The molecule has 188 valence electrons. The summed E-state index contributed by atoms with van der Waals surface area (Å²) in [6.45, 7) is 6.36. The maximum Gasteiger partial charge on any atom is 0.278 e. The fourth-order valence-electron chi connectivity index (χ4n) is 3.99. The summed E-state index contributed by atoms with van der Waals surface area (Å²) in [6, 6.07) is 1.78. The molecule has 2 aromatic rings. The number of unbranched alkanes of at least 4 members (excludes halogenated alkanes) is 1. The van der Waals surface area contributed by atoms with E-state index in [4.69, 9.17) is 22.2 Å². The zero-order valence-corrected chi connectivity index (χ0v) is 22.0. The molecule has 0 amide bonds. The number of fused-ring (bicyclic) bond motifs is 1. The second kappa shape index (κ2) is 14.9. The van der Waals surface area contributed by atoms with E-state index in [1.807, 2.05) is 19.3 Å². The molecule has 0 unspecified atom stereocenters. The van der Waals surface area contributed by atoms with Crippen LogP contribution in [-0.2, 0) is 11.2 Å². The Morgan fingerprint density at radius 2 is 1.82 bits per heavy atom. The van der Waals surface area contributed by atoms with Gasteiger partial charge in [0.1, 0.15) is 5.82 Å². The lowest BCUT2D eigenvalue weighted by atomic mass is 9.98. The minimum absolute atomic E-state index is 0.294. The Morgan fingerprint density at radius 1 is 1.15 bits per heavy atom. The summed E-state index contributed by atoms with van der Waals surface area (Å²) in [5.41, 5.74) is 1.39. The highest BCUT2D eigenvalue weighted by atomic mass is 35.5. The van der Waals surface area contributed by atoms with Crippen molar-refractivity contribution in [2.45, 2.75) is 97.5 Å². The molecule has 1 saturated carbocycles. The standard InChI is InChI=1S/C17H19ClN4O.C7H14O.C3H8/c1-2-3-8-15-20-10-11-9-13(12-6-4-5-7-14(12)18)17(23)22(19)16(11)21-15;1-8-7-5-3-2-4-6-7;1-3-2/h6-7,9-10H,2-5,8,19H2,1H3;7H,2-6H2,1H3;3H2,1-2H3. The van der Waals surface area contributed by atoms with Gasteiger partial charge in [-0.1, -0.05) is 76.6 Å². The van der Waals surface area contributed by atoms with Crippen LogP contribution in [-0.4, -0.2) is 27.9 Å². The van der Waals surface area contributed by atoms with Crippen molar-refractivity contribution in [1.29, 1.82) is 0 Å². The lowest BCUT2D eigenvalue weighted by molar-refractivity contribution is 0.0710. The number of methoxy groups -OCH3 is 1. The van der Waals surface area contributed by atoms with Crippen LogP contribution in [0.1, 0.15) is 96.4 Å². The van der Waals surface area contributed by atoms with Crippen LogP contribution in [0.5, 0.6) is 0 Å². The molecule has 0 spiro atoms. The quantitative estimate of drug-likeness (QED) is 0.483. The van der Waals surface area contributed by atoms with Crippen molar-refractivity contribution in [2.24, 2.45) is 0 Å². The first-order valence-electron chi connectivity index (χ1n) is 12.7. The summed E-state index contributed by atoms with van der Waals surface area (Å²) in [6.07, 6.45) is 18.8. The molecule has 6 nitrogen and oxygen atoms in total. The first-order valence-corrected chi connectivity index (χ1v) is 13.1. The molecule has 4 rings (SSSR count). The number of aryl methyl sites for hydroxylation is 1. The van der Waals surface area contributed by atoms with Gasteiger partial charge in [-0.3, -0.25) is 4.79 Å². The molecular formula is C27H41ClN4O2. The van der Waals surface area contributed by atoms with E-state index in [0.29, 0.717) is 28.2 Å². The number of hydrogen-bond donors (Lipinski definition) is 1. The van der Waals surface area contributed by atoms with Gasteiger partial charge in [0.05, 0.1) is 11.7 Å². The molecule has 34 heavy (non-hydrogen) atoms. The average Bonchev–Trinajstić information content (AvgIpc) is 2.87. The SMILES string of the molecule is CCC.CCCCc1ncc2cc(C3=CCCC=C3Cl)c(=O)n(N)c2n1.COC1CCCCC1. The fourth-order valence-corrected chi connectivity index (χ4v) is 4.28. The van der Waals surface area contributed by atoms with E-state index in [1.54, 1.807) is 12.3 Å². The predicted octanol–water partition coefficient (Wildman–Crippen LogP) is 6.53. The third-order valence-corrected chi connectivity index (χ3v) is 6.21. The molecule has 1 fully saturated rings. The van der Waals surface area contributed by atoms with Crippen molar-refractivity contribution in [3.05, 3.63) is 51.2 Å². The number of rotatable bonds is 5. The summed E-state index contributed by atoms with van der Waals surface area (Å²) in [5.74, 6) is 6.70. The Morgan fingerprint density at radius 3 is 2.41 bits per heavy atom. The summed E-state index contributed by atoms with van der Waals surface area (Å²) >= 11 is 6.25. The molecule has 0 atom stereocenters. The minimum atomic E-state index is -0.294. The molecular weight excluding hydrogens is 448 g/mol.